The van der Waals surface area contributed by atoms with Gasteiger partial charge in [0.05, 0.1) is 0 Å². The first kappa shape index (κ1) is 25.6. The lowest BCUT2D eigenvalue weighted by atomic mass is 10.0. The van der Waals surface area contributed by atoms with Crippen LogP contribution < -0.4 is 5.32 Å². The summed E-state index contributed by atoms with van der Waals surface area (Å²) < 4.78 is 25.7. The van der Waals surface area contributed by atoms with Gasteiger partial charge in [-0.1, -0.05) is 30.0 Å². The van der Waals surface area contributed by atoms with Gasteiger partial charge in [0.25, 0.3) is 0 Å². The molecule has 2 aromatic carbocycles. The van der Waals surface area contributed by atoms with E-state index < -0.39 is 34.5 Å². The van der Waals surface area contributed by atoms with Crippen molar-refractivity contribution in [2.75, 3.05) is 12.0 Å². The van der Waals surface area contributed by atoms with Crippen molar-refractivity contribution in [3.05, 3.63) is 70.5 Å². The van der Waals surface area contributed by atoms with Crippen LogP contribution in [-0.4, -0.2) is 44.4 Å². The maximum Gasteiger partial charge on any atom is 0.327 e. The Kier molecular flexibility index (Phi) is 8.22. The highest BCUT2D eigenvalue weighted by atomic mass is 32.2. The fourth-order valence-corrected chi connectivity index (χ4v) is 5.04. The number of aliphatic carboxylic acids is 1. The van der Waals surface area contributed by atoms with E-state index in [1.165, 1.54) is 19.1 Å². The van der Waals surface area contributed by atoms with Gasteiger partial charge in [0.2, 0.25) is 5.91 Å². The third-order valence-corrected chi connectivity index (χ3v) is 7.29. The van der Waals surface area contributed by atoms with Crippen LogP contribution in [0.3, 0.4) is 0 Å². The van der Waals surface area contributed by atoms with Crippen LogP contribution >= 0.6 is 11.8 Å². The Hall–Kier alpha value is -3.04. The van der Waals surface area contributed by atoms with Crippen LogP contribution in [0.5, 0.6) is 0 Å². The second kappa shape index (κ2) is 10.9. The first-order valence-corrected chi connectivity index (χ1v) is 12.9. The number of carbonyl (C=O) groups excluding carboxylic acids is 2. The van der Waals surface area contributed by atoms with E-state index in [4.69, 9.17) is 0 Å². The minimum Gasteiger partial charge on any atom is -0.480 e. The van der Waals surface area contributed by atoms with Crippen LogP contribution in [-0.2, 0) is 25.2 Å². The number of carbonyl (C=O) groups is 3. The molecule has 1 amide bonds. The van der Waals surface area contributed by atoms with Gasteiger partial charge in [0.1, 0.15) is 11.9 Å². The van der Waals surface area contributed by atoms with E-state index in [2.05, 4.69) is 5.32 Å². The van der Waals surface area contributed by atoms with Crippen molar-refractivity contribution in [1.29, 1.82) is 0 Å². The van der Waals surface area contributed by atoms with Gasteiger partial charge in [0.15, 0.2) is 5.12 Å². The number of nitrogens with one attached hydrogen (secondary N) is 1. The molecule has 0 spiro atoms. The van der Waals surface area contributed by atoms with Crippen molar-refractivity contribution >= 4 is 56.8 Å². The molecule has 3 rings (SSSR count). The van der Waals surface area contributed by atoms with Crippen molar-refractivity contribution in [1.82, 2.24) is 5.32 Å². The first-order valence-electron chi connectivity index (χ1n) is 10.4. The maximum atomic E-state index is 14.1. The fourth-order valence-electron chi connectivity index (χ4n) is 3.70. The molecule has 0 aliphatic heterocycles. The van der Waals surface area contributed by atoms with Crippen molar-refractivity contribution in [3.8, 4) is 0 Å². The highest BCUT2D eigenvalue weighted by molar-refractivity contribution is 8.13. The quantitative estimate of drug-likeness (QED) is 0.564. The number of carboxylic acids is 1. The molecule has 0 saturated heterocycles. The van der Waals surface area contributed by atoms with Crippen molar-refractivity contribution in [2.45, 2.75) is 31.2 Å². The zero-order valence-electron chi connectivity index (χ0n) is 18.9. The lowest BCUT2D eigenvalue weighted by Crippen LogP contribution is -2.41. The minimum absolute atomic E-state index is 0.00947. The lowest BCUT2D eigenvalue weighted by molar-refractivity contribution is -0.140. The maximum absolute atomic E-state index is 14.1. The molecule has 0 radical (unpaired) electrons. The number of hydrogen-bond acceptors (Lipinski definition) is 5. The SMILES string of the molecule is CC(=O)NC(CSC(=O)CC1=C(C)/C(=C/c2ccc(S(C)=O)cc2)c2ccc(F)cc21)C(=O)O. The lowest BCUT2D eigenvalue weighted by Gasteiger charge is -2.12. The highest BCUT2D eigenvalue weighted by Gasteiger charge is 2.27. The molecule has 2 atom stereocenters. The largest absolute Gasteiger partial charge is 0.480 e. The smallest absolute Gasteiger partial charge is 0.327 e. The van der Waals surface area contributed by atoms with Crippen molar-refractivity contribution < 1.29 is 28.1 Å². The third-order valence-electron chi connectivity index (χ3n) is 5.38. The van der Waals surface area contributed by atoms with Crippen LogP contribution in [0.25, 0.3) is 17.2 Å². The van der Waals surface area contributed by atoms with Gasteiger partial charge in [-0.3, -0.25) is 13.8 Å². The molecule has 1 aliphatic rings. The van der Waals surface area contributed by atoms with Crippen LogP contribution in [0.2, 0.25) is 0 Å². The third kappa shape index (κ3) is 6.09. The number of amides is 1. The Morgan fingerprint density at radius 3 is 2.41 bits per heavy atom. The molecule has 2 N–H and O–H groups in total. The van der Waals surface area contributed by atoms with Crippen LogP contribution in [0.1, 0.15) is 37.0 Å². The molecule has 2 aromatic rings. The molecule has 34 heavy (non-hydrogen) atoms. The number of carboxylic acid groups (broad SMARTS) is 1. The number of thioether (sulfide) groups is 1. The Morgan fingerprint density at radius 1 is 1.15 bits per heavy atom. The molecule has 178 valence electrons. The molecule has 0 saturated carbocycles. The molecule has 0 fully saturated rings. The number of halogens is 1. The summed E-state index contributed by atoms with van der Waals surface area (Å²) in [4.78, 5) is 35.9. The number of benzene rings is 2. The van der Waals surface area contributed by atoms with Crippen LogP contribution in [0, 0.1) is 5.82 Å². The Labute approximate surface area is 203 Å². The molecule has 0 heterocycles. The molecule has 9 heteroatoms. The van der Waals surface area contributed by atoms with E-state index in [0.29, 0.717) is 16.0 Å². The van der Waals surface area contributed by atoms with Crippen molar-refractivity contribution in [3.63, 3.8) is 0 Å². The fraction of sp³-hybridized carbons (Fsp3) is 0.240. The van der Waals surface area contributed by atoms with E-state index in [1.54, 1.807) is 24.5 Å². The molecular weight excluding hydrogens is 477 g/mol. The predicted molar refractivity (Wildman–Crippen MR) is 133 cm³/mol. The first-order chi connectivity index (χ1) is 16.1. The number of fused-ring (bicyclic) bond motifs is 1. The summed E-state index contributed by atoms with van der Waals surface area (Å²) in [5.41, 5.74) is 4.66. The number of allylic oxidation sites excluding steroid dienone is 3. The Morgan fingerprint density at radius 2 is 1.82 bits per heavy atom. The summed E-state index contributed by atoms with van der Waals surface area (Å²) in [5.74, 6) is -2.24. The van der Waals surface area contributed by atoms with Gasteiger partial charge in [-0.15, -0.1) is 0 Å². The topological polar surface area (TPSA) is 101 Å². The highest BCUT2D eigenvalue weighted by Crippen LogP contribution is 2.44. The summed E-state index contributed by atoms with van der Waals surface area (Å²) in [6, 6.07) is 10.6. The summed E-state index contributed by atoms with van der Waals surface area (Å²) in [6.45, 7) is 3.08. The zero-order chi connectivity index (χ0) is 25.0. The number of rotatable bonds is 8. The molecule has 2 unspecified atom stereocenters. The average molecular weight is 502 g/mol. The van der Waals surface area contributed by atoms with Gasteiger partial charge in [-0.25, -0.2) is 9.18 Å². The molecule has 0 aromatic heterocycles. The number of hydrogen-bond donors (Lipinski definition) is 2. The van der Waals surface area contributed by atoms with Crippen LogP contribution in [0.15, 0.2) is 52.9 Å². The second-order valence-electron chi connectivity index (χ2n) is 7.83. The predicted octanol–water partition coefficient (Wildman–Crippen LogP) is 4.13. The van der Waals surface area contributed by atoms with Gasteiger partial charge in [0, 0.05) is 41.0 Å². The van der Waals surface area contributed by atoms with E-state index in [0.717, 1.165) is 34.0 Å². The minimum atomic E-state index is -1.22. The summed E-state index contributed by atoms with van der Waals surface area (Å²) in [6.07, 6.45) is 3.54. The molecule has 1 aliphatic carbocycles. The monoisotopic (exact) mass is 501 g/mol. The summed E-state index contributed by atoms with van der Waals surface area (Å²) >= 11 is 0.821. The normalized spacial score (nSPS) is 15.7. The molecule has 0 bridgehead atoms. The second-order valence-corrected chi connectivity index (χ2v) is 10.3. The van der Waals surface area contributed by atoms with E-state index >= 15 is 0 Å². The summed E-state index contributed by atoms with van der Waals surface area (Å²) in [7, 11) is -1.08. The van der Waals surface area contributed by atoms with Gasteiger partial charge in [-0.2, -0.15) is 0 Å². The molecule has 6 nitrogen and oxygen atoms in total. The van der Waals surface area contributed by atoms with Crippen molar-refractivity contribution in [2.24, 2.45) is 0 Å². The van der Waals surface area contributed by atoms with E-state index in [1.807, 2.05) is 25.1 Å². The van der Waals surface area contributed by atoms with E-state index in [9.17, 15) is 28.1 Å². The zero-order valence-corrected chi connectivity index (χ0v) is 20.5. The standard InChI is InChI=1S/C25H24FNO5S2/c1-14-20(10-16-4-7-18(8-5-16)34(3)32)19-9-6-17(26)11-22(19)21(14)12-24(29)33-13-23(25(30)31)27-15(2)28/h4-11,23H,12-13H2,1-3H3,(H,27,28)(H,30,31)/b20-10-. The van der Waals surface area contributed by atoms with Gasteiger partial charge < -0.3 is 10.4 Å². The summed E-state index contributed by atoms with van der Waals surface area (Å²) in [5, 5.41) is 11.3. The van der Waals surface area contributed by atoms with Crippen LogP contribution in [0.4, 0.5) is 4.39 Å². The van der Waals surface area contributed by atoms with Gasteiger partial charge in [-0.05, 0) is 70.7 Å². The average Bonchev–Trinajstić information content (AvgIpc) is 3.01. The van der Waals surface area contributed by atoms with E-state index in [-0.39, 0.29) is 17.3 Å². The Bertz CT molecular complexity index is 1230. The Balaban J connectivity index is 1.87. The van der Waals surface area contributed by atoms with Gasteiger partial charge >= 0.3 is 5.97 Å². The molecular formula is C25H24FNO5S2.